The number of carbonyl (C=O) groups excluding carboxylic acids is 3. The molecular weight excluding hydrogens is 733 g/mol. The van der Waals surface area contributed by atoms with Crippen LogP contribution in [-0.4, -0.2) is 37.2 Å². The molecule has 0 aromatic rings. The molecule has 59 heavy (non-hydrogen) atoms. The molecule has 6 heteroatoms. The fraction of sp³-hybridized carbons (Fsp3) is 0.679. The molecule has 0 N–H and O–H groups in total. The number of hydrogen-bond acceptors (Lipinski definition) is 6. The van der Waals surface area contributed by atoms with E-state index in [0.29, 0.717) is 19.3 Å². The van der Waals surface area contributed by atoms with E-state index in [1.165, 1.54) is 64.2 Å². The Balaban J connectivity index is 4.50. The topological polar surface area (TPSA) is 78.9 Å². The first-order valence-electron chi connectivity index (χ1n) is 24.1. The molecule has 0 heterocycles. The van der Waals surface area contributed by atoms with Crippen LogP contribution in [0, 0.1) is 0 Å². The fourth-order valence-corrected chi connectivity index (χ4v) is 6.23. The van der Waals surface area contributed by atoms with E-state index in [4.69, 9.17) is 14.2 Å². The molecule has 0 bridgehead atoms. The van der Waals surface area contributed by atoms with Gasteiger partial charge in [0.05, 0.1) is 0 Å². The van der Waals surface area contributed by atoms with Crippen LogP contribution in [0.25, 0.3) is 0 Å². The molecule has 0 saturated heterocycles. The fourth-order valence-electron chi connectivity index (χ4n) is 6.23. The van der Waals surface area contributed by atoms with Gasteiger partial charge >= 0.3 is 17.9 Å². The number of hydrogen-bond donors (Lipinski definition) is 0. The zero-order valence-electron chi connectivity index (χ0n) is 38.2. The van der Waals surface area contributed by atoms with Crippen molar-refractivity contribution in [3.63, 3.8) is 0 Å². The summed E-state index contributed by atoms with van der Waals surface area (Å²) in [5, 5.41) is 0. The summed E-state index contributed by atoms with van der Waals surface area (Å²) in [5.74, 6) is -0.987. The molecule has 0 rings (SSSR count). The van der Waals surface area contributed by atoms with Crippen LogP contribution in [0.3, 0.4) is 0 Å². The van der Waals surface area contributed by atoms with Gasteiger partial charge in [-0.3, -0.25) is 14.4 Å². The lowest BCUT2D eigenvalue weighted by Gasteiger charge is -2.18. The van der Waals surface area contributed by atoms with Crippen LogP contribution >= 0.6 is 0 Å². The third kappa shape index (κ3) is 45.5. The van der Waals surface area contributed by atoms with Gasteiger partial charge in [-0.15, -0.1) is 0 Å². The highest BCUT2D eigenvalue weighted by molar-refractivity contribution is 5.71. The molecule has 6 nitrogen and oxygen atoms in total. The van der Waals surface area contributed by atoms with Crippen molar-refractivity contribution >= 4 is 17.9 Å². The van der Waals surface area contributed by atoms with Crippen LogP contribution in [0.1, 0.15) is 213 Å². The quantitative estimate of drug-likeness (QED) is 0.0264. The second kappa shape index (κ2) is 47.3. The van der Waals surface area contributed by atoms with E-state index >= 15 is 0 Å². The lowest BCUT2D eigenvalue weighted by atomic mass is 10.1. The van der Waals surface area contributed by atoms with Gasteiger partial charge in [0.2, 0.25) is 0 Å². The average molecular weight is 821 g/mol. The van der Waals surface area contributed by atoms with Crippen LogP contribution in [0.2, 0.25) is 0 Å². The minimum atomic E-state index is -0.805. The second-order valence-electron chi connectivity index (χ2n) is 15.6. The van der Waals surface area contributed by atoms with Gasteiger partial charge < -0.3 is 14.2 Å². The Morgan fingerprint density at radius 1 is 0.356 bits per heavy atom. The van der Waals surface area contributed by atoms with Crippen molar-refractivity contribution in [2.75, 3.05) is 13.2 Å². The van der Waals surface area contributed by atoms with Crippen molar-refractivity contribution in [3.8, 4) is 0 Å². The highest BCUT2D eigenvalue weighted by Gasteiger charge is 2.19. The second-order valence-corrected chi connectivity index (χ2v) is 15.6. The molecule has 0 aromatic heterocycles. The van der Waals surface area contributed by atoms with Crippen molar-refractivity contribution in [1.29, 1.82) is 0 Å². The van der Waals surface area contributed by atoms with Crippen LogP contribution in [0.4, 0.5) is 0 Å². The number of unbranched alkanes of at least 4 members (excludes halogenated alkanes) is 17. The zero-order chi connectivity index (χ0) is 43.0. The maximum Gasteiger partial charge on any atom is 0.306 e. The van der Waals surface area contributed by atoms with E-state index in [0.717, 1.165) is 103 Å². The largest absolute Gasteiger partial charge is 0.462 e. The highest BCUT2D eigenvalue weighted by atomic mass is 16.6. The summed E-state index contributed by atoms with van der Waals surface area (Å²) in [5.41, 5.74) is 0. The molecule has 0 amide bonds. The van der Waals surface area contributed by atoms with E-state index in [9.17, 15) is 14.4 Å². The molecule has 0 unspecified atom stereocenters. The predicted molar refractivity (Wildman–Crippen MR) is 251 cm³/mol. The van der Waals surface area contributed by atoms with Gasteiger partial charge in [0.15, 0.2) is 6.10 Å². The number of esters is 3. The first-order valence-corrected chi connectivity index (χ1v) is 24.1. The summed E-state index contributed by atoms with van der Waals surface area (Å²) in [4.78, 5) is 37.8. The monoisotopic (exact) mass is 821 g/mol. The third-order valence-electron chi connectivity index (χ3n) is 9.85. The van der Waals surface area contributed by atoms with Gasteiger partial charge in [-0.05, 0) is 109 Å². The minimum Gasteiger partial charge on any atom is -0.462 e. The van der Waals surface area contributed by atoms with Gasteiger partial charge in [0.25, 0.3) is 0 Å². The SMILES string of the molecule is CC/C=C\C/C=C\C/C=C\C/C=C\C/C=C\CCCC(=O)OC[C@@H](COC(=O)CCCCCCC/C=C\CCCCC)OC(=O)CCCCCCC/C=C\CCCCC. The van der Waals surface area contributed by atoms with Crippen LogP contribution in [0.5, 0.6) is 0 Å². The lowest BCUT2D eigenvalue weighted by molar-refractivity contribution is -0.167. The molecule has 0 aliphatic rings. The Kier molecular flexibility index (Phi) is 44.5. The van der Waals surface area contributed by atoms with E-state index in [1.54, 1.807) is 0 Å². The smallest absolute Gasteiger partial charge is 0.306 e. The van der Waals surface area contributed by atoms with Gasteiger partial charge in [-0.2, -0.15) is 0 Å². The number of ether oxygens (including phenoxy) is 3. The Bertz CT molecular complexity index is 1170. The van der Waals surface area contributed by atoms with Crippen molar-refractivity contribution in [1.82, 2.24) is 0 Å². The van der Waals surface area contributed by atoms with E-state index in [1.807, 2.05) is 0 Å². The maximum absolute atomic E-state index is 12.7. The molecule has 0 fully saturated rings. The van der Waals surface area contributed by atoms with Crippen LogP contribution in [-0.2, 0) is 28.6 Å². The Morgan fingerprint density at radius 3 is 1.12 bits per heavy atom. The normalized spacial score (nSPS) is 12.8. The van der Waals surface area contributed by atoms with Crippen LogP contribution in [0.15, 0.2) is 85.1 Å². The molecule has 0 aromatic carbocycles. The molecule has 1 atom stereocenters. The zero-order valence-corrected chi connectivity index (χ0v) is 38.2. The summed E-state index contributed by atoms with van der Waals surface area (Å²) in [6.45, 7) is 6.39. The summed E-state index contributed by atoms with van der Waals surface area (Å²) >= 11 is 0. The summed E-state index contributed by atoms with van der Waals surface area (Å²) < 4.78 is 16.7. The molecule has 0 radical (unpaired) electrons. The summed E-state index contributed by atoms with van der Waals surface area (Å²) in [6, 6.07) is 0. The first-order chi connectivity index (χ1) is 29.0. The molecule has 0 aliphatic carbocycles. The van der Waals surface area contributed by atoms with E-state index < -0.39 is 6.10 Å². The van der Waals surface area contributed by atoms with Crippen molar-refractivity contribution in [2.24, 2.45) is 0 Å². The summed E-state index contributed by atoms with van der Waals surface area (Å²) in [7, 11) is 0. The molecule has 0 saturated carbocycles. The lowest BCUT2D eigenvalue weighted by Crippen LogP contribution is -2.30. The number of carbonyl (C=O) groups is 3. The third-order valence-corrected chi connectivity index (χ3v) is 9.85. The Labute approximate surface area is 363 Å². The summed E-state index contributed by atoms with van der Waals surface area (Å²) in [6.07, 6.45) is 59.9. The van der Waals surface area contributed by atoms with Gasteiger partial charge in [0, 0.05) is 19.3 Å². The van der Waals surface area contributed by atoms with Gasteiger partial charge in [0.1, 0.15) is 13.2 Å². The van der Waals surface area contributed by atoms with Crippen molar-refractivity contribution in [3.05, 3.63) is 85.1 Å². The van der Waals surface area contributed by atoms with Crippen molar-refractivity contribution < 1.29 is 28.6 Å². The Hall–Kier alpha value is -3.41. The maximum atomic E-state index is 12.7. The van der Waals surface area contributed by atoms with Crippen molar-refractivity contribution in [2.45, 2.75) is 219 Å². The molecule has 0 aliphatic heterocycles. The standard InChI is InChI=1S/C53H88O6/c1-4-7-10-13-16-19-22-25-26-27-28-29-32-34-37-40-43-46-52(55)58-49-50(59-53(56)47-44-41-38-35-31-24-21-18-15-12-9-6-3)48-57-51(54)45-42-39-36-33-30-23-20-17-14-11-8-5-2/h7,10,16-21,25-26,28-29,34,37,50H,4-6,8-9,11-15,22-24,27,30-33,35-36,38-49H2,1-3H3/b10-7-,19-16-,20-17-,21-18-,26-25-,29-28-,37-34-/t50-/m1/s1. The van der Waals surface area contributed by atoms with E-state index in [-0.39, 0.29) is 37.5 Å². The van der Waals surface area contributed by atoms with E-state index in [2.05, 4.69) is 106 Å². The minimum absolute atomic E-state index is 0.103. The van der Waals surface area contributed by atoms with Gasteiger partial charge in [-0.1, -0.05) is 170 Å². The molecule has 0 spiro atoms. The highest BCUT2D eigenvalue weighted by Crippen LogP contribution is 2.12. The number of rotatable bonds is 42. The predicted octanol–water partition coefficient (Wildman–Crippen LogP) is 15.6. The molecular formula is C53H88O6. The van der Waals surface area contributed by atoms with Gasteiger partial charge in [-0.25, -0.2) is 0 Å². The number of allylic oxidation sites excluding steroid dienone is 14. The average Bonchev–Trinajstić information content (AvgIpc) is 3.23. The first kappa shape index (κ1) is 55.6. The molecule has 336 valence electrons. The Morgan fingerprint density at radius 2 is 0.678 bits per heavy atom. The van der Waals surface area contributed by atoms with Crippen LogP contribution < -0.4 is 0 Å².